The van der Waals surface area contributed by atoms with Gasteiger partial charge in [0, 0.05) is 13.6 Å². The molecule has 6 heteroatoms. The van der Waals surface area contributed by atoms with E-state index < -0.39 is 17.8 Å². The van der Waals surface area contributed by atoms with Crippen LogP contribution in [0, 0.1) is 11.7 Å². The second kappa shape index (κ2) is 8.06. The van der Waals surface area contributed by atoms with Crippen molar-refractivity contribution >= 4 is 23.2 Å². The van der Waals surface area contributed by atoms with Gasteiger partial charge in [-0.25, -0.2) is 4.39 Å². The number of nitrogens with zero attached hydrogens (tertiary/aromatic N) is 1. The zero-order chi connectivity index (χ0) is 17.7. The third-order valence-corrected chi connectivity index (χ3v) is 4.45. The molecule has 0 radical (unpaired) electrons. The van der Waals surface area contributed by atoms with E-state index in [-0.39, 0.29) is 17.4 Å². The third kappa shape index (κ3) is 4.41. The van der Waals surface area contributed by atoms with Crippen LogP contribution in [0.4, 0.5) is 4.39 Å². The molecule has 2 amide bonds. The monoisotopic (exact) mass is 348 g/mol. The highest BCUT2D eigenvalue weighted by Gasteiger charge is 2.28. The number of nitrogens with one attached hydrogen (secondary N) is 1. The molecule has 0 aliphatic carbocycles. The van der Waals surface area contributed by atoms with Gasteiger partial charge in [0.15, 0.2) is 0 Å². The van der Waals surface area contributed by atoms with Crippen molar-refractivity contribution in [3.05, 3.63) is 58.0 Å². The van der Waals surface area contributed by atoms with Gasteiger partial charge in [-0.2, -0.15) is 11.3 Å². The van der Waals surface area contributed by atoms with Crippen LogP contribution in [-0.2, 0) is 11.3 Å². The number of carbonyl (C=O) groups is 2. The van der Waals surface area contributed by atoms with Gasteiger partial charge < -0.3 is 10.2 Å². The van der Waals surface area contributed by atoms with Gasteiger partial charge in [0.05, 0.1) is 5.56 Å². The first-order valence-corrected chi connectivity index (χ1v) is 8.66. The molecular formula is C18H21FN2O2S. The maximum absolute atomic E-state index is 13.7. The predicted octanol–water partition coefficient (Wildman–Crippen LogP) is 3.30. The molecule has 0 aliphatic rings. The first kappa shape index (κ1) is 18.1. The Morgan fingerprint density at radius 1 is 1.25 bits per heavy atom. The summed E-state index contributed by atoms with van der Waals surface area (Å²) in [6.45, 7) is 4.17. The lowest BCUT2D eigenvalue weighted by Crippen LogP contribution is -2.50. The summed E-state index contributed by atoms with van der Waals surface area (Å²) in [7, 11) is 1.70. The van der Waals surface area contributed by atoms with E-state index in [2.05, 4.69) is 5.32 Å². The van der Waals surface area contributed by atoms with E-state index in [1.165, 1.54) is 18.2 Å². The van der Waals surface area contributed by atoms with Crippen molar-refractivity contribution in [2.24, 2.45) is 5.92 Å². The summed E-state index contributed by atoms with van der Waals surface area (Å²) in [5, 5.41) is 6.60. The van der Waals surface area contributed by atoms with E-state index in [1.54, 1.807) is 29.4 Å². The van der Waals surface area contributed by atoms with Crippen LogP contribution < -0.4 is 5.32 Å². The quantitative estimate of drug-likeness (QED) is 0.871. The van der Waals surface area contributed by atoms with E-state index in [4.69, 9.17) is 0 Å². The van der Waals surface area contributed by atoms with Crippen LogP contribution in [-0.4, -0.2) is 29.8 Å². The van der Waals surface area contributed by atoms with Crippen LogP contribution in [0.25, 0.3) is 0 Å². The number of likely N-dealkylation sites (N-methyl/N-ethyl adjacent to an activating group) is 1. The van der Waals surface area contributed by atoms with Crippen LogP contribution in [0.2, 0.25) is 0 Å². The van der Waals surface area contributed by atoms with Crippen molar-refractivity contribution in [1.29, 1.82) is 0 Å². The molecule has 0 aliphatic heterocycles. The van der Waals surface area contributed by atoms with Gasteiger partial charge in [-0.15, -0.1) is 0 Å². The highest BCUT2D eigenvalue weighted by atomic mass is 32.1. The molecule has 2 aromatic rings. The first-order valence-electron chi connectivity index (χ1n) is 7.71. The van der Waals surface area contributed by atoms with E-state index >= 15 is 0 Å². The maximum atomic E-state index is 13.7. The standard InChI is InChI=1S/C18H21FN2O2S/c1-12(2)16(18(23)21(3)10-13-8-9-24-11-13)20-17(22)14-6-4-5-7-15(14)19/h4-9,11-12,16H,10H2,1-3H3,(H,20,22)/t16-/m0/s1. The molecule has 0 saturated heterocycles. The number of rotatable bonds is 6. The Morgan fingerprint density at radius 2 is 1.96 bits per heavy atom. The fraction of sp³-hybridized carbons (Fsp3) is 0.333. The number of benzene rings is 1. The number of thiophene rings is 1. The molecule has 1 heterocycles. The summed E-state index contributed by atoms with van der Waals surface area (Å²) >= 11 is 1.57. The molecular weight excluding hydrogens is 327 g/mol. The van der Waals surface area contributed by atoms with E-state index in [1.807, 2.05) is 30.7 Å². The zero-order valence-electron chi connectivity index (χ0n) is 14.0. The summed E-state index contributed by atoms with van der Waals surface area (Å²) in [6, 6.07) is 6.99. The molecule has 24 heavy (non-hydrogen) atoms. The average molecular weight is 348 g/mol. The van der Waals surface area contributed by atoms with Crippen LogP contribution in [0.15, 0.2) is 41.1 Å². The normalized spacial score (nSPS) is 12.0. The fourth-order valence-electron chi connectivity index (χ4n) is 2.35. The maximum Gasteiger partial charge on any atom is 0.254 e. The first-order chi connectivity index (χ1) is 11.4. The van der Waals surface area contributed by atoms with Crippen LogP contribution in [0.5, 0.6) is 0 Å². The average Bonchev–Trinajstić information content (AvgIpc) is 3.04. The smallest absolute Gasteiger partial charge is 0.254 e. The molecule has 1 aromatic heterocycles. The van der Waals surface area contributed by atoms with Gasteiger partial charge in [-0.3, -0.25) is 9.59 Å². The van der Waals surface area contributed by atoms with E-state index in [0.29, 0.717) is 6.54 Å². The Kier molecular flexibility index (Phi) is 6.09. The minimum absolute atomic E-state index is 0.0589. The molecule has 1 aromatic carbocycles. The molecule has 2 rings (SSSR count). The number of hydrogen-bond acceptors (Lipinski definition) is 3. The highest BCUT2D eigenvalue weighted by molar-refractivity contribution is 7.07. The molecule has 4 nitrogen and oxygen atoms in total. The van der Waals surface area contributed by atoms with Gasteiger partial charge in [0.2, 0.25) is 5.91 Å². The molecule has 0 saturated carbocycles. The highest BCUT2D eigenvalue weighted by Crippen LogP contribution is 2.13. The van der Waals surface area contributed by atoms with Gasteiger partial charge >= 0.3 is 0 Å². The minimum atomic E-state index is -0.708. The van der Waals surface area contributed by atoms with Gasteiger partial charge in [-0.05, 0) is 40.4 Å². The molecule has 1 N–H and O–H groups in total. The Morgan fingerprint density at radius 3 is 2.54 bits per heavy atom. The largest absolute Gasteiger partial charge is 0.340 e. The number of halogens is 1. The second-order valence-corrected chi connectivity index (χ2v) is 6.78. The topological polar surface area (TPSA) is 49.4 Å². The Bertz CT molecular complexity index is 701. The van der Waals surface area contributed by atoms with Crippen molar-refractivity contribution in [1.82, 2.24) is 10.2 Å². The lowest BCUT2D eigenvalue weighted by atomic mass is 10.0. The summed E-state index contributed by atoms with van der Waals surface area (Å²) in [4.78, 5) is 26.6. The predicted molar refractivity (Wildman–Crippen MR) is 93.3 cm³/mol. The second-order valence-electron chi connectivity index (χ2n) is 6.00. The van der Waals surface area contributed by atoms with Crippen molar-refractivity contribution in [2.75, 3.05) is 7.05 Å². The summed E-state index contributed by atoms with van der Waals surface area (Å²) in [5.41, 5.74) is 0.982. The third-order valence-electron chi connectivity index (χ3n) is 3.71. The Hall–Kier alpha value is -2.21. The lowest BCUT2D eigenvalue weighted by molar-refractivity contribution is -0.133. The molecule has 128 valence electrons. The summed E-state index contributed by atoms with van der Waals surface area (Å²) in [6.07, 6.45) is 0. The zero-order valence-corrected chi connectivity index (χ0v) is 14.8. The Labute approximate surface area is 145 Å². The molecule has 0 spiro atoms. The number of hydrogen-bond donors (Lipinski definition) is 1. The lowest BCUT2D eigenvalue weighted by Gasteiger charge is -2.27. The van der Waals surface area contributed by atoms with Gasteiger partial charge in [-0.1, -0.05) is 26.0 Å². The summed E-state index contributed by atoms with van der Waals surface area (Å²) < 4.78 is 13.7. The van der Waals surface area contributed by atoms with Crippen molar-refractivity contribution in [3.63, 3.8) is 0 Å². The van der Waals surface area contributed by atoms with E-state index in [9.17, 15) is 14.0 Å². The van der Waals surface area contributed by atoms with Gasteiger partial charge in [0.1, 0.15) is 11.9 Å². The Balaban J connectivity index is 2.09. The van der Waals surface area contributed by atoms with Crippen molar-refractivity contribution < 1.29 is 14.0 Å². The molecule has 1 atom stereocenters. The molecule has 0 bridgehead atoms. The van der Waals surface area contributed by atoms with Crippen LogP contribution in [0.3, 0.4) is 0 Å². The van der Waals surface area contributed by atoms with Crippen molar-refractivity contribution in [2.45, 2.75) is 26.4 Å². The number of amides is 2. The minimum Gasteiger partial charge on any atom is -0.340 e. The molecule has 0 fully saturated rings. The fourth-order valence-corrected chi connectivity index (χ4v) is 3.01. The molecule has 0 unspecified atom stereocenters. The van der Waals surface area contributed by atoms with Crippen LogP contribution in [0.1, 0.15) is 29.8 Å². The van der Waals surface area contributed by atoms with Crippen molar-refractivity contribution in [3.8, 4) is 0 Å². The number of carbonyl (C=O) groups excluding carboxylic acids is 2. The van der Waals surface area contributed by atoms with Crippen LogP contribution >= 0.6 is 11.3 Å². The van der Waals surface area contributed by atoms with E-state index in [0.717, 1.165) is 5.56 Å². The van der Waals surface area contributed by atoms with Gasteiger partial charge in [0.25, 0.3) is 5.91 Å². The SMILES string of the molecule is CC(C)[C@H](NC(=O)c1ccccc1F)C(=O)N(C)Cc1ccsc1. The summed E-state index contributed by atoms with van der Waals surface area (Å²) in [5.74, 6) is -1.49.